The molecule has 0 spiro atoms. The molecule has 9 heteroatoms. The summed E-state index contributed by atoms with van der Waals surface area (Å²) >= 11 is 7.37. The molecule has 1 aromatic carbocycles. The van der Waals surface area contributed by atoms with Gasteiger partial charge in [-0.1, -0.05) is 22.8 Å². The summed E-state index contributed by atoms with van der Waals surface area (Å²) < 4.78 is 19.4. The van der Waals surface area contributed by atoms with Gasteiger partial charge in [-0.05, 0) is 31.2 Å². The molecule has 0 aliphatic heterocycles. The molecule has 4 aromatic rings. The van der Waals surface area contributed by atoms with Crippen LogP contribution in [0.15, 0.2) is 52.6 Å². The predicted octanol–water partition coefficient (Wildman–Crippen LogP) is 5.21. The van der Waals surface area contributed by atoms with E-state index in [2.05, 4.69) is 20.4 Å². The first-order valence-electron chi connectivity index (χ1n) is 8.12. The van der Waals surface area contributed by atoms with Crippen LogP contribution in [0.25, 0.3) is 22.5 Å². The third-order valence-corrected chi connectivity index (χ3v) is 5.04. The predicted molar refractivity (Wildman–Crippen MR) is 105 cm³/mol. The summed E-state index contributed by atoms with van der Waals surface area (Å²) in [7, 11) is 0. The van der Waals surface area contributed by atoms with Crippen molar-refractivity contribution in [1.82, 2.24) is 15.1 Å². The smallest absolute Gasteiger partial charge is 0.263 e. The van der Waals surface area contributed by atoms with Crippen LogP contribution in [-0.2, 0) is 0 Å². The lowest BCUT2D eigenvalue weighted by Gasteiger charge is -2.05. The highest BCUT2D eigenvalue weighted by molar-refractivity contribution is 7.14. The molecule has 0 radical (unpaired) electrons. The quantitative estimate of drug-likeness (QED) is 0.495. The molecule has 0 aliphatic carbocycles. The number of halogens is 2. The molecule has 140 valence electrons. The number of benzene rings is 1. The van der Waals surface area contributed by atoms with Gasteiger partial charge in [-0.25, -0.2) is 9.37 Å². The minimum absolute atomic E-state index is 0.0151. The number of hydrogen-bond donors (Lipinski definition) is 1. The number of carbonyl (C=O) groups is 1. The fourth-order valence-corrected chi connectivity index (χ4v) is 3.64. The Hall–Kier alpha value is -3.10. The minimum Gasteiger partial charge on any atom is -0.360 e. The summed E-state index contributed by atoms with van der Waals surface area (Å²) in [4.78, 5) is 21.3. The van der Waals surface area contributed by atoms with Crippen molar-refractivity contribution >= 4 is 34.0 Å². The molecule has 0 saturated heterocycles. The summed E-state index contributed by atoms with van der Waals surface area (Å²) in [6.07, 6.45) is 3.35. The molecule has 3 aromatic heterocycles. The maximum absolute atomic E-state index is 14.3. The van der Waals surface area contributed by atoms with Crippen molar-refractivity contribution in [2.45, 2.75) is 6.92 Å². The van der Waals surface area contributed by atoms with Crippen molar-refractivity contribution in [1.29, 1.82) is 0 Å². The first-order valence-corrected chi connectivity index (χ1v) is 9.38. The van der Waals surface area contributed by atoms with Gasteiger partial charge >= 0.3 is 0 Å². The van der Waals surface area contributed by atoms with Gasteiger partial charge in [0.1, 0.15) is 22.8 Å². The molecule has 0 aliphatic rings. The van der Waals surface area contributed by atoms with Gasteiger partial charge in [0.25, 0.3) is 5.91 Å². The second-order valence-corrected chi connectivity index (χ2v) is 7.06. The van der Waals surface area contributed by atoms with Gasteiger partial charge in [0.05, 0.1) is 16.3 Å². The third kappa shape index (κ3) is 3.39. The number of nitrogens with one attached hydrogen (secondary N) is 1. The maximum atomic E-state index is 14.3. The van der Waals surface area contributed by atoms with E-state index in [1.165, 1.54) is 29.5 Å². The van der Waals surface area contributed by atoms with Crippen LogP contribution < -0.4 is 5.32 Å². The molecule has 0 fully saturated rings. The van der Waals surface area contributed by atoms with E-state index in [0.717, 1.165) is 5.56 Å². The molecular formula is C19H12ClFN4O2S. The SMILES string of the molecule is Cc1onc(-c2c(F)cccc2Cl)c1C(=O)Nc1nc(-c2cccnc2)cs1. The lowest BCUT2D eigenvalue weighted by Crippen LogP contribution is -2.13. The number of pyridine rings is 1. The summed E-state index contributed by atoms with van der Waals surface area (Å²) in [5, 5.41) is 8.87. The molecule has 0 atom stereocenters. The van der Waals surface area contributed by atoms with Crippen molar-refractivity contribution in [2.24, 2.45) is 0 Å². The van der Waals surface area contributed by atoms with E-state index in [4.69, 9.17) is 16.1 Å². The van der Waals surface area contributed by atoms with Gasteiger partial charge < -0.3 is 4.52 Å². The van der Waals surface area contributed by atoms with Gasteiger partial charge in [-0.2, -0.15) is 0 Å². The van der Waals surface area contributed by atoms with Gasteiger partial charge in [0.2, 0.25) is 0 Å². The molecule has 1 amide bonds. The van der Waals surface area contributed by atoms with Crippen molar-refractivity contribution in [3.05, 3.63) is 70.3 Å². The van der Waals surface area contributed by atoms with E-state index >= 15 is 0 Å². The molecule has 1 N–H and O–H groups in total. The third-order valence-electron chi connectivity index (χ3n) is 3.97. The Morgan fingerprint density at radius 3 is 2.89 bits per heavy atom. The Balaban J connectivity index is 1.65. The highest BCUT2D eigenvalue weighted by Gasteiger charge is 2.26. The average molecular weight is 415 g/mol. The van der Waals surface area contributed by atoms with Crippen molar-refractivity contribution < 1.29 is 13.7 Å². The standard InChI is InChI=1S/C19H12ClFN4O2S/c1-10-15(17(25-27-10)16-12(20)5-2-6-13(16)21)18(26)24-19-23-14(9-28-19)11-4-3-7-22-8-11/h2-9H,1H3,(H,23,24,26). The summed E-state index contributed by atoms with van der Waals surface area (Å²) in [5.41, 5.74) is 1.68. The minimum atomic E-state index is -0.594. The number of rotatable bonds is 4. The van der Waals surface area contributed by atoms with Crippen LogP contribution in [0.5, 0.6) is 0 Å². The number of nitrogens with zero attached hydrogens (tertiary/aromatic N) is 3. The number of amides is 1. The zero-order valence-electron chi connectivity index (χ0n) is 14.4. The fraction of sp³-hybridized carbons (Fsp3) is 0.0526. The lowest BCUT2D eigenvalue weighted by atomic mass is 10.1. The molecular weight excluding hydrogens is 403 g/mol. The molecule has 0 saturated carbocycles. The summed E-state index contributed by atoms with van der Waals surface area (Å²) in [5.74, 6) is -0.862. The van der Waals surface area contributed by atoms with E-state index in [0.29, 0.717) is 10.8 Å². The Morgan fingerprint density at radius 1 is 1.29 bits per heavy atom. The van der Waals surface area contributed by atoms with Crippen LogP contribution in [-0.4, -0.2) is 21.0 Å². The van der Waals surface area contributed by atoms with E-state index in [1.807, 2.05) is 11.4 Å². The lowest BCUT2D eigenvalue weighted by molar-refractivity contribution is 0.102. The molecule has 28 heavy (non-hydrogen) atoms. The summed E-state index contributed by atoms with van der Waals surface area (Å²) in [6, 6.07) is 7.91. The Bertz CT molecular complexity index is 1140. The summed E-state index contributed by atoms with van der Waals surface area (Å²) in [6.45, 7) is 1.57. The number of thiazole rings is 1. The van der Waals surface area contributed by atoms with E-state index in [1.54, 1.807) is 25.4 Å². The fourth-order valence-electron chi connectivity index (χ4n) is 2.67. The van der Waals surface area contributed by atoms with Gasteiger partial charge in [0, 0.05) is 23.3 Å². The van der Waals surface area contributed by atoms with Crippen molar-refractivity contribution in [3.63, 3.8) is 0 Å². The average Bonchev–Trinajstić information content (AvgIpc) is 3.29. The zero-order valence-corrected chi connectivity index (χ0v) is 16.0. The zero-order chi connectivity index (χ0) is 19.7. The van der Waals surface area contributed by atoms with Crippen LogP contribution in [0, 0.1) is 12.7 Å². The van der Waals surface area contributed by atoms with Gasteiger partial charge in [-0.3, -0.25) is 15.1 Å². The van der Waals surface area contributed by atoms with E-state index < -0.39 is 11.7 Å². The van der Waals surface area contributed by atoms with Crippen LogP contribution in [0.3, 0.4) is 0 Å². The molecule has 4 rings (SSSR count). The Labute approximate surface area is 168 Å². The van der Waals surface area contributed by atoms with Crippen LogP contribution in [0.1, 0.15) is 16.1 Å². The Kier molecular flexibility index (Phi) is 4.89. The molecule has 0 unspecified atom stereocenters. The monoisotopic (exact) mass is 414 g/mol. The maximum Gasteiger partial charge on any atom is 0.263 e. The normalized spacial score (nSPS) is 10.8. The van der Waals surface area contributed by atoms with Crippen molar-refractivity contribution in [2.75, 3.05) is 5.32 Å². The second kappa shape index (κ2) is 7.49. The topological polar surface area (TPSA) is 80.9 Å². The van der Waals surface area contributed by atoms with Crippen molar-refractivity contribution in [3.8, 4) is 22.5 Å². The van der Waals surface area contributed by atoms with Crippen LogP contribution in [0.2, 0.25) is 5.02 Å². The largest absolute Gasteiger partial charge is 0.360 e. The number of aryl methyl sites for hydroxylation is 1. The highest BCUT2D eigenvalue weighted by Crippen LogP contribution is 2.34. The first-order chi connectivity index (χ1) is 13.5. The van der Waals surface area contributed by atoms with Gasteiger partial charge in [0.15, 0.2) is 5.13 Å². The van der Waals surface area contributed by atoms with E-state index in [9.17, 15) is 9.18 Å². The first kappa shape index (κ1) is 18.3. The number of anilines is 1. The molecule has 3 heterocycles. The second-order valence-electron chi connectivity index (χ2n) is 5.79. The number of hydrogen-bond acceptors (Lipinski definition) is 6. The van der Waals surface area contributed by atoms with Crippen LogP contribution >= 0.6 is 22.9 Å². The number of aromatic nitrogens is 3. The molecule has 0 bridgehead atoms. The van der Waals surface area contributed by atoms with E-state index in [-0.39, 0.29) is 27.6 Å². The molecule has 6 nitrogen and oxygen atoms in total. The Morgan fingerprint density at radius 2 is 2.14 bits per heavy atom. The highest BCUT2D eigenvalue weighted by atomic mass is 35.5. The number of carbonyl (C=O) groups excluding carboxylic acids is 1. The van der Waals surface area contributed by atoms with Gasteiger partial charge in [-0.15, -0.1) is 11.3 Å². The van der Waals surface area contributed by atoms with Crippen LogP contribution in [0.4, 0.5) is 9.52 Å².